The highest BCUT2D eigenvalue weighted by molar-refractivity contribution is 5.90. The van der Waals surface area contributed by atoms with E-state index in [4.69, 9.17) is 23.4 Å². The molecule has 1 atom stereocenters. The molecule has 0 amide bonds. The number of benzene rings is 3. The van der Waals surface area contributed by atoms with E-state index in [0.29, 0.717) is 34.6 Å². The molecule has 1 aromatic heterocycles. The van der Waals surface area contributed by atoms with Gasteiger partial charge in [-0.25, -0.2) is 4.79 Å². The first kappa shape index (κ1) is 22.2. The van der Waals surface area contributed by atoms with Gasteiger partial charge in [-0.1, -0.05) is 30.3 Å². The first-order chi connectivity index (χ1) is 17.6. The zero-order valence-corrected chi connectivity index (χ0v) is 19.7. The molecule has 0 saturated carbocycles. The van der Waals surface area contributed by atoms with E-state index in [-0.39, 0.29) is 12.2 Å². The fraction of sp³-hybridized carbons (Fsp3) is 0.241. The molecule has 6 rings (SSSR count). The van der Waals surface area contributed by atoms with Crippen LogP contribution in [0.15, 0.2) is 69.9 Å². The maximum absolute atomic E-state index is 12.9. The third kappa shape index (κ3) is 3.96. The van der Waals surface area contributed by atoms with Crippen LogP contribution < -0.4 is 24.6 Å². The van der Waals surface area contributed by atoms with Crippen LogP contribution in [0.4, 0.5) is 0 Å². The molecular weight excluding hydrogens is 460 g/mol. The molecule has 0 fully saturated rings. The molecule has 0 N–H and O–H groups in total. The molecule has 36 heavy (non-hydrogen) atoms. The van der Waals surface area contributed by atoms with Crippen LogP contribution in [0, 0.1) is 0 Å². The normalized spacial score (nSPS) is 16.1. The topological polar surface area (TPSA) is 84.2 Å². The Labute approximate surface area is 207 Å². The van der Waals surface area contributed by atoms with Crippen LogP contribution in [-0.2, 0) is 17.6 Å². The SMILES string of the molecule is COc1cc([C@@H]2CC(=O)Oc3c2c(=O)oc2ccccc32)ccc1OCCc1ccc2c(c1)CCO2. The van der Waals surface area contributed by atoms with Gasteiger partial charge in [0.1, 0.15) is 11.3 Å². The van der Waals surface area contributed by atoms with Gasteiger partial charge in [0.05, 0.1) is 37.7 Å². The van der Waals surface area contributed by atoms with E-state index in [1.807, 2.05) is 30.3 Å². The highest BCUT2D eigenvalue weighted by atomic mass is 16.5. The summed E-state index contributed by atoms with van der Waals surface area (Å²) in [5.41, 5.74) is 3.37. The number of esters is 1. The Morgan fingerprint density at radius 3 is 2.78 bits per heavy atom. The van der Waals surface area contributed by atoms with Gasteiger partial charge in [0, 0.05) is 18.8 Å². The Balaban J connectivity index is 1.26. The Morgan fingerprint density at radius 2 is 1.89 bits per heavy atom. The van der Waals surface area contributed by atoms with Crippen molar-refractivity contribution in [2.45, 2.75) is 25.2 Å². The van der Waals surface area contributed by atoms with Crippen molar-refractivity contribution in [3.05, 3.63) is 93.3 Å². The summed E-state index contributed by atoms with van der Waals surface area (Å²) in [5.74, 6) is 1.44. The third-order valence-electron chi connectivity index (χ3n) is 6.73. The molecule has 0 saturated heterocycles. The van der Waals surface area contributed by atoms with Crippen molar-refractivity contribution < 1.29 is 28.2 Å². The molecule has 0 spiro atoms. The number of rotatable bonds is 6. The highest BCUT2D eigenvalue weighted by Gasteiger charge is 2.34. The van der Waals surface area contributed by atoms with Crippen LogP contribution in [0.1, 0.15) is 34.6 Å². The number of carbonyl (C=O) groups excluding carboxylic acids is 1. The number of carbonyl (C=O) groups is 1. The smallest absolute Gasteiger partial charge is 0.343 e. The summed E-state index contributed by atoms with van der Waals surface area (Å²) < 4.78 is 28.3. The van der Waals surface area contributed by atoms with Crippen molar-refractivity contribution in [1.82, 2.24) is 0 Å². The monoisotopic (exact) mass is 484 g/mol. The van der Waals surface area contributed by atoms with E-state index in [9.17, 15) is 9.59 Å². The maximum atomic E-state index is 12.9. The molecule has 0 aliphatic carbocycles. The molecule has 7 nitrogen and oxygen atoms in total. The molecule has 3 heterocycles. The summed E-state index contributed by atoms with van der Waals surface area (Å²) in [6, 6.07) is 18.7. The van der Waals surface area contributed by atoms with E-state index in [1.54, 1.807) is 25.3 Å². The molecule has 0 radical (unpaired) electrons. The van der Waals surface area contributed by atoms with Gasteiger partial charge in [0.25, 0.3) is 0 Å². The molecule has 7 heteroatoms. The Kier molecular flexibility index (Phi) is 5.60. The number of methoxy groups -OCH3 is 1. The van der Waals surface area contributed by atoms with Gasteiger partial charge < -0.3 is 23.4 Å². The molecule has 182 valence electrons. The lowest BCUT2D eigenvalue weighted by molar-refractivity contribution is -0.135. The van der Waals surface area contributed by atoms with Crippen molar-refractivity contribution >= 4 is 16.9 Å². The van der Waals surface area contributed by atoms with Gasteiger partial charge in [-0.15, -0.1) is 0 Å². The maximum Gasteiger partial charge on any atom is 0.343 e. The summed E-state index contributed by atoms with van der Waals surface area (Å²) in [6.45, 7) is 1.21. The van der Waals surface area contributed by atoms with E-state index in [0.717, 1.165) is 30.8 Å². The third-order valence-corrected chi connectivity index (χ3v) is 6.73. The minimum atomic E-state index is -0.515. The molecule has 0 bridgehead atoms. The summed E-state index contributed by atoms with van der Waals surface area (Å²) in [6.07, 6.45) is 1.71. The van der Waals surface area contributed by atoms with Gasteiger partial charge in [0.15, 0.2) is 17.2 Å². The van der Waals surface area contributed by atoms with Crippen molar-refractivity contribution in [2.24, 2.45) is 0 Å². The van der Waals surface area contributed by atoms with Crippen molar-refractivity contribution in [2.75, 3.05) is 20.3 Å². The predicted molar refractivity (Wildman–Crippen MR) is 132 cm³/mol. The van der Waals surface area contributed by atoms with Crippen molar-refractivity contribution in [1.29, 1.82) is 0 Å². The molecule has 2 aliphatic rings. The van der Waals surface area contributed by atoms with Gasteiger partial charge in [-0.2, -0.15) is 0 Å². The zero-order chi connectivity index (χ0) is 24.6. The fourth-order valence-electron chi connectivity index (χ4n) is 4.95. The second-order valence-electron chi connectivity index (χ2n) is 8.91. The number of fused-ring (bicyclic) bond motifs is 4. The summed E-state index contributed by atoms with van der Waals surface area (Å²) >= 11 is 0. The largest absolute Gasteiger partial charge is 0.493 e. The number of hydrogen-bond acceptors (Lipinski definition) is 7. The quantitative estimate of drug-likeness (QED) is 0.287. The highest BCUT2D eigenvalue weighted by Crippen LogP contribution is 2.42. The lowest BCUT2D eigenvalue weighted by atomic mass is 9.86. The Hall–Kier alpha value is -4.26. The average molecular weight is 485 g/mol. The summed E-state index contributed by atoms with van der Waals surface area (Å²) in [4.78, 5) is 25.4. The number of para-hydroxylation sites is 1. The second-order valence-corrected chi connectivity index (χ2v) is 8.91. The molecule has 3 aromatic carbocycles. The van der Waals surface area contributed by atoms with Crippen LogP contribution in [0.3, 0.4) is 0 Å². The van der Waals surface area contributed by atoms with E-state index >= 15 is 0 Å². The first-order valence-electron chi connectivity index (χ1n) is 11.9. The van der Waals surface area contributed by atoms with Crippen molar-refractivity contribution in [3.8, 4) is 23.0 Å². The van der Waals surface area contributed by atoms with Crippen LogP contribution in [0.2, 0.25) is 0 Å². The fourth-order valence-corrected chi connectivity index (χ4v) is 4.95. The standard InChI is InChI=1S/C29H24O7/c1-32-25-15-18(7-9-24(25)34-12-10-17-6-8-22-19(14-17)11-13-33-22)21-16-26(30)36-28-20-4-2-3-5-23(20)35-29(31)27(21)28/h2-9,14-15,21H,10-13,16H2,1H3/t21-/m0/s1. The predicted octanol–water partition coefficient (Wildman–Crippen LogP) is 4.80. The Morgan fingerprint density at radius 1 is 1.00 bits per heavy atom. The van der Waals surface area contributed by atoms with Crippen LogP contribution in [0.5, 0.6) is 23.0 Å². The average Bonchev–Trinajstić information content (AvgIpc) is 3.36. The van der Waals surface area contributed by atoms with E-state index < -0.39 is 17.5 Å². The minimum Gasteiger partial charge on any atom is -0.493 e. The van der Waals surface area contributed by atoms with Gasteiger partial charge in [0.2, 0.25) is 0 Å². The zero-order valence-electron chi connectivity index (χ0n) is 19.7. The lowest BCUT2D eigenvalue weighted by Crippen LogP contribution is -2.26. The number of hydrogen-bond donors (Lipinski definition) is 0. The van der Waals surface area contributed by atoms with E-state index in [1.165, 1.54) is 11.1 Å². The minimum absolute atomic E-state index is 0.0293. The van der Waals surface area contributed by atoms with Crippen molar-refractivity contribution in [3.63, 3.8) is 0 Å². The van der Waals surface area contributed by atoms with E-state index in [2.05, 4.69) is 12.1 Å². The van der Waals surface area contributed by atoms with Crippen LogP contribution in [-0.4, -0.2) is 26.3 Å². The second kappa shape index (κ2) is 9.07. The van der Waals surface area contributed by atoms with Gasteiger partial charge in [-0.05, 0) is 47.0 Å². The molecule has 4 aromatic rings. The van der Waals surface area contributed by atoms with Gasteiger partial charge >= 0.3 is 11.6 Å². The van der Waals surface area contributed by atoms with Gasteiger partial charge in [-0.3, -0.25) is 4.79 Å². The lowest BCUT2D eigenvalue weighted by Gasteiger charge is -2.25. The van der Waals surface area contributed by atoms with Crippen LogP contribution in [0.25, 0.3) is 11.0 Å². The Bertz CT molecular complexity index is 1530. The van der Waals surface area contributed by atoms with Crippen LogP contribution >= 0.6 is 0 Å². The summed E-state index contributed by atoms with van der Waals surface area (Å²) in [5, 5.41) is 0.593. The molecule has 2 aliphatic heterocycles. The molecular formula is C29H24O7. The number of ether oxygens (including phenoxy) is 4. The summed E-state index contributed by atoms with van der Waals surface area (Å²) in [7, 11) is 1.57. The molecule has 0 unspecified atom stereocenters. The first-order valence-corrected chi connectivity index (χ1v) is 11.9.